The van der Waals surface area contributed by atoms with Crippen LogP contribution in [0, 0.1) is 0 Å². The molecule has 7 heteroatoms. The number of β-amino-alcohol motifs (C(OH)–C–C–N with tert-alkyl or cyclic N) is 1. The molecule has 1 aliphatic heterocycles. The van der Waals surface area contributed by atoms with E-state index in [2.05, 4.69) is 10.2 Å². The van der Waals surface area contributed by atoms with E-state index in [1.807, 2.05) is 6.92 Å². The number of hydrogen-bond donors (Lipinski definition) is 3. The molecule has 7 nitrogen and oxygen atoms in total. The summed E-state index contributed by atoms with van der Waals surface area (Å²) in [5.41, 5.74) is 0. The maximum Gasteiger partial charge on any atom is 0.326 e. The van der Waals surface area contributed by atoms with Gasteiger partial charge in [-0.05, 0) is 19.4 Å². The predicted octanol–water partition coefficient (Wildman–Crippen LogP) is -0.0507. The number of amides is 2. The van der Waals surface area contributed by atoms with Crippen molar-refractivity contribution in [1.82, 2.24) is 15.1 Å². The standard InChI is InChI=1S/C13H25N3O4/c1-2-4-11(12(18)19)14-13(20)16-6-3-5-15(7-8-16)9-10-17/h11,17H,2-10H2,1H3,(H,14,20)(H,18,19)/t11-/m0/s1. The highest BCUT2D eigenvalue weighted by Gasteiger charge is 2.24. The van der Waals surface area contributed by atoms with Crippen molar-refractivity contribution >= 4 is 12.0 Å². The van der Waals surface area contributed by atoms with Crippen molar-refractivity contribution < 1.29 is 19.8 Å². The molecule has 1 rings (SSSR count). The van der Waals surface area contributed by atoms with Gasteiger partial charge >= 0.3 is 12.0 Å². The number of aliphatic carboxylic acids is 1. The van der Waals surface area contributed by atoms with E-state index in [0.29, 0.717) is 39.0 Å². The molecule has 0 spiro atoms. The summed E-state index contributed by atoms with van der Waals surface area (Å²) in [6.45, 7) is 5.35. The molecule has 1 saturated heterocycles. The molecule has 0 aliphatic carbocycles. The van der Waals surface area contributed by atoms with E-state index < -0.39 is 12.0 Å². The lowest BCUT2D eigenvalue weighted by atomic mass is 10.2. The molecule has 0 aromatic rings. The van der Waals surface area contributed by atoms with Gasteiger partial charge in [-0.1, -0.05) is 13.3 Å². The first-order valence-electron chi connectivity index (χ1n) is 7.20. The first-order chi connectivity index (χ1) is 9.58. The molecule has 0 bridgehead atoms. The molecule has 1 fully saturated rings. The fourth-order valence-electron chi connectivity index (χ4n) is 2.33. The monoisotopic (exact) mass is 287 g/mol. The third-order valence-corrected chi connectivity index (χ3v) is 3.47. The molecule has 0 radical (unpaired) electrons. The van der Waals surface area contributed by atoms with Crippen molar-refractivity contribution in [2.75, 3.05) is 39.3 Å². The molecule has 0 aromatic carbocycles. The highest BCUT2D eigenvalue weighted by atomic mass is 16.4. The Labute approximate surface area is 119 Å². The van der Waals surface area contributed by atoms with Crippen LogP contribution in [0.4, 0.5) is 4.79 Å². The number of carboxylic acids is 1. The van der Waals surface area contributed by atoms with Gasteiger partial charge in [-0.3, -0.25) is 4.90 Å². The Bertz CT molecular complexity index is 325. The number of carbonyl (C=O) groups excluding carboxylic acids is 1. The van der Waals surface area contributed by atoms with Crippen LogP contribution >= 0.6 is 0 Å². The summed E-state index contributed by atoms with van der Waals surface area (Å²) in [6.07, 6.45) is 1.98. The normalized spacial score (nSPS) is 18.4. The minimum absolute atomic E-state index is 0.115. The average Bonchev–Trinajstić information content (AvgIpc) is 2.64. The zero-order valence-corrected chi connectivity index (χ0v) is 12.0. The maximum absolute atomic E-state index is 12.1. The van der Waals surface area contributed by atoms with Gasteiger partial charge in [-0.2, -0.15) is 0 Å². The summed E-state index contributed by atoms with van der Waals surface area (Å²) in [4.78, 5) is 26.9. The third-order valence-electron chi connectivity index (χ3n) is 3.47. The fraction of sp³-hybridized carbons (Fsp3) is 0.846. The molecule has 1 aliphatic rings. The average molecular weight is 287 g/mol. The van der Waals surface area contributed by atoms with Crippen LogP contribution < -0.4 is 5.32 Å². The maximum atomic E-state index is 12.1. The van der Waals surface area contributed by atoms with Crippen LogP contribution in [0.3, 0.4) is 0 Å². The van der Waals surface area contributed by atoms with E-state index >= 15 is 0 Å². The van der Waals surface area contributed by atoms with Crippen molar-refractivity contribution in [3.05, 3.63) is 0 Å². The molecule has 116 valence electrons. The Morgan fingerprint density at radius 2 is 2.00 bits per heavy atom. The Morgan fingerprint density at radius 3 is 2.60 bits per heavy atom. The van der Waals surface area contributed by atoms with Crippen LogP contribution in [-0.2, 0) is 4.79 Å². The van der Waals surface area contributed by atoms with Crippen LogP contribution in [0.5, 0.6) is 0 Å². The molecular weight excluding hydrogens is 262 g/mol. The summed E-state index contributed by atoms with van der Waals surface area (Å²) in [6, 6.07) is -1.12. The van der Waals surface area contributed by atoms with Crippen molar-refractivity contribution in [2.45, 2.75) is 32.2 Å². The molecule has 3 N–H and O–H groups in total. The predicted molar refractivity (Wildman–Crippen MR) is 74.6 cm³/mol. The fourth-order valence-corrected chi connectivity index (χ4v) is 2.33. The zero-order valence-electron chi connectivity index (χ0n) is 12.0. The van der Waals surface area contributed by atoms with Crippen molar-refractivity contribution in [1.29, 1.82) is 0 Å². The summed E-state index contributed by atoms with van der Waals surface area (Å²) in [5.74, 6) is -0.989. The molecule has 20 heavy (non-hydrogen) atoms. The van der Waals surface area contributed by atoms with Crippen molar-refractivity contribution in [3.63, 3.8) is 0 Å². The topological polar surface area (TPSA) is 93.1 Å². The molecule has 0 unspecified atom stereocenters. The van der Waals surface area contributed by atoms with Gasteiger partial charge in [0.05, 0.1) is 6.61 Å². The number of urea groups is 1. The quantitative estimate of drug-likeness (QED) is 0.637. The molecule has 0 aromatic heterocycles. The summed E-state index contributed by atoms with van der Waals surface area (Å²) < 4.78 is 0. The Balaban J connectivity index is 2.48. The third kappa shape index (κ3) is 5.34. The summed E-state index contributed by atoms with van der Waals surface area (Å²) in [5, 5.41) is 20.6. The van der Waals surface area contributed by atoms with E-state index in [1.54, 1.807) is 4.90 Å². The van der Waals surface area contributed by atoms with Gasteiger partial charge in [0.2, 0.25) is 0 Å². The van der Waals surface area contributed by atoms with Gasteiger partial charge in [0, 0.05) is 26.2 Å². The lowest BCUT2D eigenvalue weighted by Gasteiger charge is -2.24. The summed E-state index contributed by atoms with van der Waals surface area (Å²) >= 11 is 0. The number of rotatable bonds is 6. The van der Waals surface area contributed by atoms with Crippen LogP contribution in [-0.4, -0.2) is 77.4 Å². The molecular formula is C13H25N3O4. The number of carbonyl (C=O) groups is 2. The number of carboxylic acid groups (broad SMARTS) is 1. The Hall–Kier alpha value is -1.34. The number of nitrogens with zero attached hydrogens (tertiary/aromatic N) is 2. The van der Waals surface area contributed by atoms with Gasteiger partial charge in [-0.15, -0.1) is 0 Å². The Kier molecular flexibility index (Phi) is 7.32. The van der Waals surface area contributed by atoms with E-state index in [1.165, 1.54) is 0 Å². The highest BCUT2D eigenvalue weighted by Crippen LogP contribution is 2.05. The van der Waals surface area contributed by atoms with E-state index in [0.717, 1.165) is 13.0 Å². The van der Waals surface area contributed by atoms with Crippen LogP contribution in [0.1, 0.15) is 26.2 Å². The highest BCUT2D eigenvalue weighted by molar-refractivity contribution is 5.82. The van der Waals surface area contributed by atoms with Gasteiger partial charge in [-0.25, -0.2) is 9.59 Å². The molecule has 0 saturated carbocycles. The first kappa shape index (κ1) is 16.7. The van der Waals surface area contributed by atoms with Gasteiger partial charge in [0.25, 0.3) is 0 Å². The lowest BCUT2D eigenvalue weighted by Crippen LogP contribution is -2.48. The smallest absolute Gasteiger partial charge is 0.326 e. The van der Waals surface area contributed by atoms with E-state index in [4.69, 9.17) is 10.2 Å². The van der Waals surface area contributed by atoms with Crippen LogP contribution in [0.25, 0.3) is 0 Å². The first-order valence-corrected chi connectivity index (χ1v) is 7.20. The van der Waals surface area contributed by atoms with Crippen LogP contribution in [0.15, 0.2) is 0 Å². The SMILES string of the molecule is CCC[C@H](NC(=O)N1CCCN(CCO)CC1)C(=O)O. The van der Waals surface area contributed by atoms with Crippen molar-refractivity contribution in [2.24, 2.45) is 0 Å². The Morgan fingerprint density at radius 1 is 1.25 bits per heavy atom. The number of aliphatic hydroxyl groups excluding tert-OH is 1. The minimum atomic E-state index is -0.989. The second kappa shape index (κ2) is 8.76. The van der Waals surface area contributed by atoms with E-state index in [9.17, 15) is 9.59 Å². The lowest BCUT2D eigenvalue weighted by molar-refractivity contribution is -0.139. The molecule has 2 amide bonds. The number of nitrogens with one attached hydrogen (secondary N) is 1. The van der Waals surface area contributed by atoms with E-state index in [-0.39, 0.29) is 12.6 Å². The van der Waals surface area contributed by atoms with Gasteiger partial charge in [0.1, 0.15) is 6.04 Å². The number of aliphatic hydroxyl groups is 1. The number of hydrogen-bond acceptors (Lipinski definition) is 4. The minimum Gasteiger partial charge on any atom is -0.480 e. The molecule has 1 heterocycles. The van der Waals surface area contributed by atoms with Crippen LogP contribution in [0.2, 0.25) is 0 Å². The zero-order chi connectivity index (χ0) is 15.0. The largest absolute Gasteiger partial charge is 0.480 e. The second-order valence-corrected chi connectivity index (χ2v) is 5.03. The summed E-state index contributed by atoms with van der Waals surface area (Å²) in [7, 11) is 0. The van der Waals surface area contributed by atoms with Crippen molar-refractivity contribution in [3.8, 4) is 0 Å². The van der Waals surface area contributed by atoms with Gasteiger partial charge < -0.3 is 20.4 Å². The van der Waals surface area contributed by atoms with Gasteiger partial charge in [0.15, 0.2) is 0 Å². The second-order valence-electron chi connectivity index (χ2n) is 5.03. The molecule has 1 atom stereocenters.